The highest BCUT2D eigenvalue weighted by molar-refractivity contribution is 7.87. The summed E-state index contributed by atoms with van der Waals surface area (Å²) in [6.45, 7) is 4.22. The number of hydrogen-bond acceptors (Lipinski definition) is 5. The summed E-state index contributed by atoms with van der Waals surface area (Å²) in [5.41, 5.74) is 0. The van der Waals surface area contributed by atoms with Crippen LogP contribution < -0.4 is 5.32 Å². The van der Waals surface area contributed by atoms with Crippen molar-refractivity contribution in [1.82, 2.24) is 5.32 Å². The molecule has 0 aromatic heterocycles. The van der Waals surface area contributed by atoms with Gasteiger partial charge in [-0.25, -0.2) is 0 Å². The molecule has 0 aliphatic carbocycles. The quantitative estimate of drug-likeness (QED) is 0.216. The molecule has 164 valence electrons. The SMILES string of the molecule is CCCCCCCCC(NC(CCCCCCCC)S(=O)(=O)O)S(=O)(=O)O. The van der Waals surface area contributed by atoms with Gasteiger partial charge in [-0.1, -0.05) is 90.9 Å². The second kappa shape index (κ2) is 14.7. The van der Waals surface area contributed by atoms with Crippen LogP contribution in [-0.2, 0) is 20.2 Å². The van der Waals surface area contributed by atoms with E-state index in [9.17, 15) is 25.9 Å². The van der Waals surface area contributed by atoms with E-state index in [0.717, 1.165) is 64.2 Å². The van der Waals surface area contributed by atoms with E-state index < -0.39 is 31.0 Å². The van der Waals surface area contributed by atoms with Gasteiger partial charge < -0.3 is 0 Å². The zero-order chi connectivity index (χ0) is 20.8. The molecule has 0 fully saturated rings. The van der Waals surface area contributed by atoms with Crippen molar-refractivity contribution < 1.29 is 25.9 Å². The van der Waals surface area contributed by atoms with Gasteiger partial charge in [-0.05, 0) is 12.8 Å². The van der Waals surface area contributed by atoms with Gasteiger partial charge in [0.25, 0.3) is 20.2 Å². The number of hydrogen-bond donors (Lipinski definition) is 3. The van der Waals surface area contributed by atoms with Gasteiger partial charge in [-0.15, -0.1) is 0 Å². The van der Waals surface area contributed by atoms with Crippen molar-refractivity contribution in [2.45, 2.75) is 114 Å². The van der Waals surface area contributed by atoms with Crippen LogP contribution in [0.5, 0.6) is 0 Å². The summed E-state index contributed by atoms with van der Waals surface area (Å²) < 4.78 is 65.4. The topological polar surface area (TPSA) is 121 Å². The lowest BCUT2D eigenvalue weighted by atomic mass is 10.1. The molecule has 0 spiro atoms. The Labute approximate surface area is 166 Å². The monoisotopic (exact) mass is 429 g/mol. The van der Waals surface area contributed by atoms with Gasteiger partial charge in [0.2, 0.25) is 0 Å². The predicted octanol–water partition coefficient (Wildman–Crippen LogP) is 4.51. The fourth-order valence-electron chi connectivity index (χ4n) is 3.06. The van der Waals surface area contributed by atoms with Crippen LogP contribution in [0.15, 0.2) is 0 Å². The fourth-order valence-corrected chi connectivity index (χ4v) is 4.75. The first kappa shape index (κ1) is 26.8. The molecule has 3 N–H and O–H groups in total. The summed E-state index contributed by atoms with van der Waals surface area (Å²) in [7, 11) is -8.89. The molecule has 0 heterocycles. The largest absolute Gasteiger partial charge is 0.284 e. The van der Waals surface area contributed by atoms with Crippen molar-refractivity contribution in [3.63, 3.8) is 0 Å². The third-order valence-corrected chi connectivity index (χ3v) is 6.91. The molecule has 0 aromatic rings. The predicted molar refractivity (Wildman–Crippen MR) is 110 cm³/mol. The Balaban J connectivity index is 4.59. The molecule has 9 heteroatoms. The van der Waals surface area contributed by atoms with Gasteiger partial charge in [0.15, 0.2) is 0 Å². The highest BCUT2D eigenvalue weighted by Gasteiger charge is 2.31. The standard InChI is InChI=1S/C18H39NO6S2/c1-3-5-7-9-11-13-15-17(26(20,21)22)19-18(27(23,24)25)16-14-12-10-8-6-4-2/h17-19H,3-16H2,1-2H3,(H,20,21,22)(H,23,24,25). The molecule has 0 radical (unpaired) electrons. The van der Waals surface area contributed by atoms with Gasteiger partial charge in [-0.3, -0.25) is 14.4 Å². The van der Waals surface area contributed by atoms with Gasteiger partial charge in [0.1, 0.15) is 10.7 Å². The first-order chi connectivity index (χ1) is 12.6. The summed E-state index contributed by atoms with van der Waals surface area (Å²) in [5, 5.41) is -0.296. The van der Waals surface area contributed by atoms with E-state index in [4.69, 9.17) is 0 Å². The molecule has 2 unspecified atom stereocenters. The van der Waals surface area contributed by atoms with E-state index in [1.54, 1.807) is 0 Å². The second-order valence-corrected chi connectivity index (χ2v) is 10.5. The number of rotatable bonds is 18. The highest BCUT2D eigenvalue weighted by Crippen LogP contribution is 2.16. The first-order valence-electron chi connectivity index (χ1n) is 10.3. The van der Waals surface area contributed by atoms with Crippen LogP contribution in [0, 0.1) is 0 Å². The molecule has 7 nitrogen and oxygen atoms in total. The maximum absolute atomic E-state index is 11.6. The van der Waals surface area contributed by atoms with Crippen LogP contribution in [0.25, 0.3) is 0 Å². The van der Waals surface area contributed by atoms with Crippen molar-refractivity contribution in [1.29, 1.82) is 0 Å². The maximum Gasteiger partial charge on any atom is 0.281 e. The third kappa shape index (κ3) is 14.4. The molecule has 0 aliphatic heterocycles. The molecule has 0 aliphatic rings. The van der Waals surface area contributed by atoms with Crippen LogP contribution in [0.4, 0.5) is 0 Å². The minimum Gasteiger partial charge on any atom is -0.284 e. The summed E-state index contributed by atoms with van der Waals surface area (Å²) >= 11 is 0. The van der Waals surface area contributed by atoms with Crippen molar-refractivity contribution in [3.05, 3.63) is 0 Å². The summed E-state index contributed by atoms with van der Waals surface area (Å²) in [4.78, 5) is 0. The van der Waals surface area contributed by atoms with Gasteiger partial charge in [0, 0.05) is 0 Å². The van der Waals surface area contributed by atoms with Crippen molar-refractivity contribution in [3.8, 4) is 0 Å². The highest BCUT2D eigenvalue weighted by atomic mass is 32.2. The average Bonchev–Trinajstić information content (AvgIpc) is 2.56. The molecule has 27 heavy (non-hydrogen) atoms. The van der Waals surface area contributed by atoms with E-state index in [1.165, 1.54) is 0 Å². The summed E-state index contributed by atoms with van der Waals surface area (Å²) in [6, 6.07) is 0. The number of nitrogens with one attached hydrogen (secondary N) is 1. The number of unbranched alkanes of at least 4 members (excludes halogenated alkanes) is 10. The minimum atomic E-state index is -4.45. The van der Waals surface area contributed by atoms with Crippen molar-refractivity contribution in [2.75, 3.05) is 0 Å². The Bertz CT molecular complexity index is 512. The molecule has 0 saturated heterocycles. The molecule has 0 saturated carbocycles. The van der Waals surface area contributed by atoms with E-state index in [2.05, 4.69) is 19.2 Å². The van der Waals surface area contributed by atoms with E-state index in [1.807, 2.05) is 0 Å². The average molecular weight is 430 g/mol. The minimum absolute atomic E-state index is 0.119. The maximum atomic E-state index is 11.6. The van der Waals surface area contributed by atoms with Gasteiger partial charge in [0.05, 0.1) is 0 Å². The molecule has 2 atom stereocenters. The van der Waals surface area contributed by atoms with Gasteiger partial charge in [-0.2, -0.15) is 16.8 Å². The lowest BCUT2D eigenvalue weighted by Gasteiger charge is -2.22. The van der Waals surface area contributed by atoms with Gasteiger partial charge >= 0.3 is 0 Å². The molecule has 0 rings (SSSR count). The Kier molecular flexibility index (Phi) is 14.6. The smallest absolute Gasteiger partial charge is 0.281 e. The molecule has 0 bridgehead atoms. The fraction of sp³-hybridized carbons (Fsp3) is 1.00. The van der Waals surface area contributed by atoms with E-state index in [-0.39, 0.29) is 12.8 Å². The van der Waals surface area contributed by atoms with E-state index in [0.29, 0.717) is 12.8 Å². The Morgan fingerprint density at radius 1 is 0.593 bits per heavy atom. The molecule has 0 aromatic carbocycles. The summed E-state index contributed by atoms with van der Waals surface area (Å²) in [5.74, 6) is 0. The third-order valence-electron chi connectivity index (χ3n) is 4.73. The Morgan fingerprint density at radius 3 is 1.19 bits per heavy atom. The Morgan fingerprint density at radius 2 is 0.889 bits per heavy atom. The van der Waals surface area contributed by atoms with Crippen LogP contribution in [0.3, 0.4) is 0 Å². The van der Waals surface area contributed by atoms with Crippen molar-refractivity contribution in [2.24, 2.45) is 0 Å². The van der Waals surface area contributed by atoms with Crippen molar-refractivity contribution >= 4 is 20.2 Å². The second-order valence-electron chi connectivity index (χ2n) is 7.29. The lowest BCUT2D eigenvalue weighted by Crippen LogP contribution is -2.46. The summed E-state index contributed by atoms with van der Waals surface area (Å²) in [6.07, 6.45) is 11.6. The van der Waals surface area contributed by atoms with Crippen LogP contribution in [0.2, 0.25) is 0 Å². The molecular formula is C18H39NO6S2. The normalized spacial score (nSPS) is 15.0. The van der Waals surface area contributed by atoms with Crippen LogP contribution >= 0.6 is 0 Å². The zero-order valence-electron chi connectivity index (χ0n) is 16.9. The lowest BCUT2D eigenvalue weighted by molar-refractivity contribution is 0.397. The van der Waals surface area contributed by atoms with E-state index >= 15 is 0 Å². The Hall–Kier alpha value is -0.220. The van der Waals surface area contributed by atoms with Crippen LogP contribution in [-0.4, -0.2) is 36.7 Å². The first-order valence-corrected chi connectivity index (χ1v) is 13.3. The van der Waals surface area contributed by atoms with Crippen LogP contribution in [0.1, 0.15) is 104 Å². The zero-order valence-corrected chi connectivity index (χ0v) is 18.5. The molecular weight excluding hydrogens is 390 g/mol. The molecule has 0 amide bonds.